The van der Waals surface area contributed by atoms with Crippen LogP contribution in [0.3, 0.4) is 0 Å². The van der Waals surface area contributed by atoms with Gasteiger partial charge in [-0.3, -0.25) is 14.4 Å². The third-order valence-corrected chi connectivity index (χ3v) is 4.49. The monoisotopic (exact) mass is 346 g/mol. The smallest absolute Gasteiger partial charge is 0.303 e. The summed E-state index contributed by atoms with van der Waals surface area (Å²) in [5, 5.41) is 8.60. The van der Waals surface area contributed by atoms with E-state index < -0.39 is 5.97 Å². The Bertz CT molecular complexity index is 604. The Morgan fingerprint density at radius 2 is 1.40 bits per heavy atom. The Hall–Kier alpha value is -2.37. The predicted molar refractivity (Wildman–Crippen MR) is 94.1 cm³/mol. The van der Waals surface area contributed by atoms with E-state index in [-0.39, 0.29) is 18.2 Å². The molecule has 1 heterocycles. The molecule has 1 aliphatic rings. The maximum Gasteiger partial charge on any atom is 0.303 e. The van der Waals surface area contributed by atoms with Gasteiger partial charge >= 0.3 is 5.97 Å². The Kier molecular flexibility index (Phi) is 6.98. The molecule has 136 valence electrons. The highest BCUT2D eigenvalue weighted by Crippen LogP contribution is 2.10. The second-order valence-corrected chi connectivity index (χ2v) is 6.52. The van der Waals surface area contributed by atoms with Crippen molar-refractivity contribution in [2.75, 3.05) is 26.2 Å². The zero-order chi connectivity index (χ0) is 18.2. The second-order valence-electron chi connectivity index (χ2n) is 6.52. The molecule has 1 saturated heterocycles. The number of amides is 2. The van der Waals surface area contributed by atoms with Crippen LogP contribution in [-0.4, -0.2) is 58.9 Å². The molecule has 2 rings (SSSR count). The van der Waals surface area contributed by atoms with Crippen LogP contribution >= 0.6 is 0 Å². The molecular formula is C19H26N2O4. The van der Waals surface area contributed by atoms with Crippen LogP contribution in [0.1, 0.15) is 36.8 Å². The van der Waals surface area contributed by atoms with Gasteiger partial charge in [0.25, 0.3) is 0 Å². The Morgan fingerprint density at radius 3 is 1.96 bits per heavy atom. The molecule has 0 aromatic heterocycles. The zero-order valence-electron chi connectivity index (χ0n) is 14.7. The first-order valence-electron chi connectivity index (χ1n) is 8.78. The van der Waals surface area contributed by atoms with Crippen molar-refractivity contribution in [1.82, 2.24) is 9.80 Å². The van der Waals surface area contributed by atoms with Gasteiger partial charge in [0, 0.05) is 39.0 Å². The minimum atomic E-state index is -0.826. The molecule has 0 spiro atoms. The molecule has 1 aromatic rings. The number of aliphatic carboxylic acids is 1. The van der Waals surface area contributed by atoms with Crippen molar-refractivity contribution in [3.8, 4) is 0 Å². The fourth-order valence-corrected chi connectivity index (χ4v) is 2.91. The molecule has 1 N–H and O–H groups in total. The van der Waals surface area contributed by atoms with Crippen LogP contribution in [-0.2, 0) is 20.8 Å². The first kappa shape index (κ1) is 19.0. The summed E-state index contributed by atoms with van der Waals surface area (Å²) in [7, 11) is 0. The highest BCUT2D eigenvalue weighted by Gasteiger charge is 2.23. The normalized spacial score (nSPS) is 14.4. The number of unbranched alkanes of at least 4 members (excludes halogenated alkanes) is 1. The van der Waals surface area contributed by atoms with Crippen molar-refractivity contribution >= 4 is 17.8 Å². The van der Waals surface area contributed by atoms with Crippen LogP contribution < -0.4 is 0 Å². The van der Waals surface area contributed by atoms with Crippen LogP contribution in [0, 0.1) is 6.92 Å². The van der Waals surface area contributed by atoms with Crippen molar-refractivity contribution in [3.05, 3.63) is 35.4 Å². The van der Waals surface area contributed by atoms with E-state index >= 15 is 0 Å². The van der Waals surface area contributed by atoms with Crippen molar-refractivity contribution in [2.24, 2.45) is 0 Å². The number of aryl methyl sites for hydroxylation is 1. The van der Waals surface area contributed by atoms with E-state index in [1.54, 1.807) is 4.90 Å². The quantitative estimate of drug-likeness (QED) is 0.765. The number of piperazine rings is 1. The molecule has 1 aliphatic heterocycles. The highest BCUT2D eigenvalue weighted by molar-refractivity contribution is 5.80. The van der Waals surface area contributed by atoms with Crippen LogP contribution in [0.2, 0.25) is 0 Å². The lowest BCUT2D eigenvalue weighted by molar-refractivity contribution is -0.139. The molecule has 1 aromatic carbocycles. The first-order valence-corrected chi connectivity index (χ1v) is 8.78. The van der Waals surface area contributed by atoms with Crippen molar-refractivity contribution in [1.29, 1.82) is 0 Å². The summed E-state index contributed by atoms with van der Waals surface area (Å²) in [5.41, 5.74) is 2.18. The maximum absolute atomic E-state index is 12.4. The predicted octanol–water partition coefficient (Wildman–Crippen LogP) is 1.85. The summed E-state index contributed by atoms with van der Waals surface area (Å²) in [6, 6.07) is 7.96. The molecule has 0 aliphatic carbocycles. The highest BCUT2D eigenvalue weighted by atomic mass is 16.4. The minimum absolute atomic E-state index is 0.0519. The third kappa shape index (κ3) is 6.21. The van der Waals surface area contributed by atoms with Gasteiger partial charge in [0.2, 0.25) is 11.8 Å². The van der Waals surface area contributed by atoms with Gasteiger partial charge in [-0.2, -0.15) is 0 Å². The van der Waals surface area contributed by atoms with Gasteiger partial charge in [-0.1, -0.05) is 29.8 Å². The van der Waals surface area contributed by atoms with Crippen molar-refractivity contribution in [3.63, 3.8) is 0 Å². The van der Waals surface area contributed by atoms with E-state index in [1.165, 1.54) is 5.56 Å². The van der Waals surface area contributed by atoms with Gasteiger partial charge in [-0.05, 0) is 25.3 Å². The van der Waals surface area contributed by atoms with Crippen LogP contribution in [0.4, 0.5) is 0 Å². The SMILES string of the molecule is Cc1ccc(CC(=O)N2CCN(C(=O)CCCCC(=O)O)CC2)cc1. The lowest BCUT2D eigenvalue weighted by Gasteiger charge is -2.35. The minimum Gasteiger partial charge on any atom is -0.481 e. The number of rotatable bonds is 7. The maximum atomic E-state index is 12.4. The zero-order valence-corrected chi connectivity index (χ0v) is 14.7. The number of carbonyl (C=O) groups excluding carboxylic acids is 2. The average molecular weight is 346 g/mol. The number of carboxylic acids is 1. The molecular weight excluding hydrogens is 320 g/mol. The van der Waals surface area contributed by atoms with E-state index in [0.717, 1.165) is 5.56 Å². The van der Waals surface area contributed by atoms with Gasteiger partial charge in [-0.15, -0.1) is 0 Å². The number of hydrogen-bond acceptors (Lipinski definition) is 3. The van der Waals surface area contributed by atoms with E-state index in [2.05, 4.69) is 0 Å². The Balaban J connectivity index is 1.71. The van der Waals surface area contributed by atoms with E-state index in [9.17, 15) is 14.4 Å². The van der Waals surface area contributed by atoms with Crippen molar-refractivity contribution in [2.45, 2.75) is 39.0 Å². The summed E-state index contributed by atoms with van der Waals surface area (Å²) in [4.78, 5) is 38.5. The standard InChI is InChI=1S/C19H26N2O4/c1-15-6-8-16(9-7-15)14-18(23)21-12-10-20(11-13-21)17(22)4-2-3-5-19(24)25/h6-9H,2-5,10-14H2,1H3,(H,24,25). The molecule has 1 fully saturated rings. The Morgan fingerprint density at radius 1 is 0.880 bits per heavy atom. The van der Waals surface area contributed by atoms with Gasteiger partial charge < -0.3 is 14.9 Å². The van der Waals surface area contributed by atoms with Gasteiger partial charge in [0.1, 0.15) is 0 Å². The molecule has 0 radical (unpaired) electrons. The largest absolute Gasteiger partial charge is 0.481 e. The number of hydrogen-bond donors (Lipinski definition) is 1. The van der Waals surface area contributed by atoms with E-state index in [4.69, 9.17) is 5.11 Å². The van der Waals surface area contributed by atoms with Crippen molar-refractivity contribution < 1.29 is 19.5 Å². The molecule has 6 nitrogen and oxygen atoms in total. The third-order valence-electron chi connectivity index (χ3n) is 4.49. The number of carboxylic acid groups (broad SMARTS) is 1. The van der Waals surface area contributed by atoms with Crippen LogP contribution in [0.25, 0.3) is 0 Å². The van der Waals surface area contributed by atoms with Gasteiger partial charge in [0.05, 0.1) is 6.42 Å². The second kappa shape index (κ2) is 9.20. The fourth-order valence-electron chi connectivity index (χ4n) is 2.91. The molecule has 0 bridgehead atoms. The molecule has 0 unspecified atom stereocenters. The summed E-state index contributed by atoms with van der Waals surface area (Å²) in [6.07, 6.45) is 2.00. The summed E-state index contributed by atoms with van der Waals surface area (Å²) in [6.45, 7) is 4.25. The van der Waals surface area contributed by atoms with Gasteiger partial charge in [0.15, 0.2) is 0 Å². The average Bonchev–Trinajstić information content (AvgIpc) is 2.60. The number of carbonyl (C=O) groups is 3. The topological polar surface area (TPSA) is 77.9 Å². The lowest BCUT2D eigenvalue weighted by Crippen LogP contribution is -2.50. The number of benzene rings is 1. The van der Waals surface area contributed by atoms with Crippen LogP contribution in [0.15, 0.2) is 24.3 Å². The van der Waals surface area contributed by atoms with E-state index in [0.29, 0.717) is 51.9 Å². The van der Waals surface area contributed by atoms with Gasteiger partial charge in [-0.25, -0.2) is 0 Å². The van der Waals surface area contributed by atoms with E-state index in [1.807, 2.05) is 36.1 Å². The lowest BCUT2D eigenvalue weighted by atomic mass is 10.1. The molecule has 6 heteroatoms. The van der Waals surface area contributed by atoms with Crippen LogP contribution in [0.5, 0.6) is 0 Å². The summed E-state index contributed by atoms with van der Waals surface area (Å²) >= 11 is 0. The molecule has 2 amide bonds. The number of nitrogens with zero attached hydrogens (tertiary/aromatic N) is 2. The molecule has 0 saturated carbocycles. The molecule has 0 atom stereocenters. The first-order chi connectivity index (χ1) is 12.0. The fraction of sp³-hybridized carbons (Fsp3) is 0.526. The molecule has 25 heavy (non-hydrogen) atoms. The summed E-state index contributed by atoms with van der Waals surface area (Å²) in [5.74, 6) is -0.679. The Labute approximate surface area is 148 Å². The summed E-state index contributed by atoms with van der Waals surface area (Å²) < 4.78 is 0.